The fourth-order valence-electron chi connectivity index (χ4n) is 3.64. The molecule has 1 saturated carbocycles. The Hall–Kier alpha value is -3.80. The van der Waals surface area contributed by atoms with Crippen molar-refractivity contribution in [3.8, 4) is 0 Å². The van der Waals surface area contributed by atoms with Gasteiger partial charge < -0.3 is 5.32 Å². The highest BCUT2D eigenvalue weighted by Gasteiger charge is 2.24. The van der Waals surface area contributed by atoms with Crippen molar-refractivity contribution < 1.29 is 4.79 Å². The van der Waals surface area contributed by atoms with Gasteiger partial charge in [0.1, 0.15) is 11.6 Å². The van der Waals surface area contributed by atoms with Crippen molar-refractivity contribution in [2.45, 2.75) is 39.0 Å². The summed E-state index contributed by atoms with van der Waals surface area (Å²) in [5, 5.41) is 9.66. The summed E-state index contributed by atoms with van der Waals surface area (Å²) in [5.41, 5.74) is 5.74. The van der Waals surface area contributed by atoms with Gasteiger partial charge in [0.15, 0.2) is 0 Å². The van der Waals surface area contributed by atoms with E-state index in [0.717, 1.165) is 16.7 Å². The van der Waals surface area contributed by atoms with Crippen molar-refractivity contribution in [2.24, 2.45) is 4.99 Å². The number of hydrogen-bond donors (Lipinski definition) is 2. The molecule has 6 nitrogen and oxygen atoms in total. The summed E-state index contributed by atoms with van der Waals surface area (Å²) >= 11 is 0. The molecule has 4 rings (SSSR count). The molecular weight excluding hydrogens is 398 g/mol. The molecule has 1 aliphatic rings. The number of aromatic amines is 1. The molecular formula is C26H27N5O. The summed E-state index contributed by atoms with van der Waals surface area (Å²) in [6.45, 7) is 7.68. The zero-order chi connectivity index (χ0) is 22.5. The van der Waals surface area contributed by atoms with Crippen LogP contribution >= 0.6 is 0 Å². The number of allylic oxidation sites excluding steroid dienone is 3. The van der Waals surface area contributed by atoms with Gasteiger partial charge >= 0.3 is 0 Å². The SMILES string of the molecule is C=N/C(=C\C(=C/C)c1cc(C2CC2)ccc1C)NC(=O)c1n[nH]c(Cc2ccccc2)n1. The van der Waals surface area contributed by atoms with Gasteiger partial charge in [-0.05, 0) is 73.2 Å². The van der Waals surface area contributed by atoms with Crippen molar-refractivity contribution in [3.63, 3.8) is 0 Å². The number of H-pyrrole nitrogens is 1. The minimum Gasteiger partial charge on any atom is -0.304 e. The summed E-state index contributed by atoms with van der Waals surface area (Å²) in [6.07, 6.45) is 6.93. The fraction of sp³-hybridized carbons (Fsp3) is 0.231. The predicted octanol–water partition coefficient (Wildman–Crippen LogP) is 4.96. The molecule has 6 heteroatoms. The van der Waals surface area contributed by atoms with Gasteiger partial charge in [-0.25, -0.2) is 9.98 Å². The van der Waals surface area contributed by atoms with E-state index in [2.05, 4.69) is 57.3 Å². The Labute approximate surface area is 188 Å². The number of nitrogens with one attached hydrogen (secondary N) is 2. The summed E-state index contributed by atoms with van der Waals surface area (Å²) in [5.74, 6) is 1.29. The summed E-state index contributed by atoms with van der Waals surface area (Å²) in [6, 6.07) is 16.5. The number of hydrogen-bond acceptors (Lipinski definition) is 4. The van der Waals surface area contributed by atoms with Crippen LogP contribution < -0.4 is 5.32 Å². The van der Waals surface area contributed by atoms with Crippen LogP contribution in [0.25, 0.3) is 5.57 Å². The van der Waals surface area contributed by atoms with Crippen LogP contribution in [-0.2, 0) is 6.42 Å². The van der Waals surface area contributed by atoms with Gasteiger partial charge in [0.05, 0.1) is 0 Å². The van der Waals surface area contributed by atoms with Crippen LogP contribution in [0.15, 0.2) is 71.5 Å². The number of carbonyl (C=O) groups excluding carboxylic acids is 1. The number of aliphatic imine (C=N–C) groups is 1. The maximum atomic E-state index is 12.7. The zero-order valence-corrected chi connectivity index (χ0v) is 18.4. The number of nitrogens with zero attached hydrogens (tertiary/aromatic N) is 3. The smallest absolute Gasteiger partial charge is 0.296 e. The first-order valence-corrected chi connectivity index (χ1v) is 10.8. The van der Waals surface area contributed by atoms with Crippen LogP contribution in [0.1, 0.15) is 64.4 Å². The fourth-order valence-corrected chi connectivity index (χ4v) is 3.64. The Bertz CT molecular complexity index is 1190. The van der Waals surface area contributed by atoms with E-state index in [-0.39, 0.29) is 5.82 Å². The minimum atomic E-state index is -0.432. The standard InChI is InChI=1S/C26H27N5O/c1-4-19(22-15-21(20-12-13-20)11-10-17(22)2)16-23(27-3)29-26(32)25-28-24(30-31-25)14-18-8-6-5-7-9-18/h4-11,15-16,20H,3,12-14H2,1-2H3,(H,29,32)(H,28,30,31)/b19-4+,23-16+. The Balaban J connectivity index is 1.49. The number of rotatable bonds is 8. The third kappa shape index (κ3) is 5.09. The number of benzene rings is 2. The summed E-state index contributed by atoms with van der Waals surface area (Å²) < 4.78 is 0. The molecule has 3 aromatic rings. The van der Waals surface area contributed by atoms with Crippen LogP contribution in [-0.4, -0.2) is 27.8 Å². The van der Waals surface area contributed by atoms with Gasteiger partial charge in [-0.2, -0.15) is 0 Å². The van der Waals surface area contributed by atoms with Crippen molar-refractivity contribution in [3.05, 3.63) is 100 Å². The summed E-state index contributed by atoms with van der Waals surface area (Å²) in [4.78, 5) is 21.0. The molecule has 1 heterocycles. The first-order valence-electron chi connectivity index (χ1n) is 10.8. The number of amides is 1. The number of carbonyl (C=O) groups is 1. The third-order valence-corrected chi connectivity index (χ3v) is 5.59. The molecule has 1 aliphatic carbocycles. The minimum absolute atomic E-state index is 0.0689. The highest BCUT2D eigenvalue weighted by molar-refractivity contribution is 5.92. The summed E-state index contributed by atoms with van der Waals surface area (Å²) in [7, 11) is 0. The van der Waals surface area contributed by atoms with Crippen LogP contribution in [0.5, 0.6) is 0 Å². The molecule has 1 amide bonds. The first kappa shape index (κ1) is 21.4. The van der Waals surface area contributed by atoms with Crippen LogP contribution in [0.2, 0.25) is 0 Å². The predicted molar refractivity (Wildman–Crippen MR) is 128 cm³/mol. The topological polar surface area (TPSA) is 83.0 Å². The molecule has 0 bridgehead atoms. The lowest BCUT2D eigenvalue weighted by molar-refractivity contribution is 0.0955. The van der Waals surface area contributed by atoms with Gasteiger partial charge in [-0.3, -0.25) is 9.89 Å². The Kier molecular flexibility index (Phi) is 6.40. The lowest BCUT2D eigenvalue weighted by atomic mass is 9.96. The van der Waals surface area contributed by atoms with Gasteiger partial charge in [0.25, 0.3) is 5.91 Å². The molecule has 162 valence electrons. The van der Waals surface area contributed by atoms with E-state index in [1.54, 1.807) is 0 Å². The van der Waals surface area contributed by atoms with E-state index in [9.17, 15) is 4.79 Å². The first-order chi connectivity index (χ1) is 15.6. The Morgan fingerprint density at radius 3 is 2.72 bits per heavy atom. The lowest BCUT2D eigenvalue weighted by Crippen LogP contribution is -2.23. The maximum absolute atomic E-state index is 12.7. The highest BCUT2D eigenvalue weighted by Crippen LogP contribution is 2.41. The van der Waals surface area contributed by atoms with Crippen molar-refractivity contribution >= 4 is 18.2 Å². The molecule has 0 saturated heterocycles. The van der Waals surface area contributed by atoms with Gasteiger partial charge in [-0.15, -0.1) is 5.10 Å². The van der Waals surface area contributed by atoms with E-state index >= 15 is 0 Å². The normalized spacial score (nSPS) is 14.3. The van der Waals surface area contributed by atoms with E-state index < -0.39 is 5.91 Å². The molecule has 1 fully saturated rings. The molecule has 2 aromatic carbocycles. The molecule has 1 aromatic heterocycles. The largest absolute Gasteiger partial charge is 0.304 e. The Morgan fingerprint density at radius 2 is 2.03 bits per heavy atom. The van der Waals surface area contributed by atoms with Crippen LogP contribution in [0.4, 0.5) is 0 Å². The third-order valence-electron chi connectivity index (χ3n) is 5.59. The lowest BCUT2D eigenvalue weighted by Gasteiger charge is -2.11. The van der Waals surface area contributed by atoms with Crippen molar-refractivity contribution in [1.82, 2.24) is 20.5 Å². The molecule has 0 spiro atoms. The average Bonchev–Trinajstić information content (AvgIpc) is 3.56. The van der Waals surface area contributed by atoms with Crippen LogP contribution in [0, 0.1) is 6.92 Å². The molecule has 0 radical (unpaired) electrons. The van der Waals surface area contributed by atoms with E-state index in [4.69, 9.17) is 0 Å². The van der Waals surface area contributed by atoms with E-state index in [0.29, 0.717) is 24.0 Å². The highest BCUT2D eigenvalue weighted by atomic mass is 16.2. The van der Waals surface area contributed by atoms with Crippen LogP contribution in [0.3, 0.4) is 0 Å². The Morgan fingerprint density at radius 1 is 1.25 bits per heavy atom. The quantitative estimate of drug-likeness (QED) is 0.395. The second kappa shape index (κ2) is 9.56. The number of aryl methyl sites for hydroxylation is 1. The second-order valence-corrected chi connectivity index (χ2v) is 8.00. The molecule has 0 atom stereocenters. The molecule has 2 N–H and O–H groups in total. The molecule has 0 unspecified atom stereocenters. The second-order valence-electron chi connectivity index (χ2n) is 8.00. The van der Waals surface area contributed by atoms with Crippen molar-refractivity contribution in [2.75, 3.05) is 0 Å². The monoisotopic (exact) mass is 425 g/mol. The van der Waals surface area contributed by atoms with Gasteiger partial charge in [-0.1, -0.05) is 54.6 Å². The van der Waals surface area contributed by atoms with Gasteiger partial charge in [0.2, 0.25) is 5.82 Å². The van der Waals surface area contributed by atoms with Crippen molar-refractivity contribution in [1.29, 1.82) is 0 Å². The number of aromatic nitrogens is 3. The van der Waals surface area contributed by atoms with E-state index in [1.807, 2.05) is 49.4 Å². The molecule has 32 heavy (non-hydrogen) atoms. The van der Waals surface area contributed by atoms with E-state index in [1.165, 1.54) is 24.0 Å². The average molecular weight is 426 g/mol. The van der Waals surface area contributed by atoms with Gasteiger partial charge in [0, 0.05) is 6.42 Å². The maximum Gasteiger partial charge on any atom is 0.296 e. The molecule has 0 aliphatic heterocycles. The zero-order valence-electron chi connectivity index (χ0n) is 18.4.